The van der Waals surface area contributed by atoms with Crippen LogP contribution in [0.3, 0.4) is 0 Å². The van der Waals surface area contributed by atoms with Gasteiger partial charge in [0.2, 0.25) is 0 Å². The normalized spacial score (nSPS) is 9.50. The number of thioether (sulfide) groups is 1. The lowest BCUT2D eigenvalue weighted by atomic mass is 10.2. The van der Waals surface area contributed by atoms with Crippen LogP contribution in [0.4, 0.5) is 0 Å². The van der Waals surface area contributed by atoms with Gasteiger partial charge in [0.25, 0.3) is 0 Å². The molecule has 0 aliphatic rings. The van der Waals surface area contributed by atoms with Gasteiger partial charge in [-0.1, -0.05) is 11.6 Å². The number of allylic oxidation sites excluding steroid dienone is 2. The van der Waals surface area contributed by atoms with Crippen LogP contribution in [0.15, 0.2) is 11.6 Å². The fourth-order valence-electron chi connectivity index (χ4n) is 0.678. The number of hydrogen-bond acceptors (Lipinski definition) is 1. The molecule has 0 saturated carbocycles. The van der Waals surface area contributed by atoms with Gasteiger partial charge in [-0.3, -0.25) is 0 Å². The minimum absolute atomic E-state index is 1.01. The van der Waals surface area contributed by atoms with E-state index in [0.29, 0.717) is 0 Å². The van der Waals surface area contributed by atoms with Crippen molar-refractivity contribution in [3.8, 4) is 0 Å². The Morgan fingerprint density at radius 2 is 2.20 bits per heavy atom. The van der Waals surface area contributed by atoms with Crippen LogP contribution < -0.4 is 0 Å². The third-order valence-electron chi connectivity index (χ3n) is 1.19. The first-order valence-corrected chi connectivity index (χ1v) is 4.93. The second kappa shape index (κ2) is 7.20. The van der Waals surface area contributed by atoms with Crippen molar-refractivity contribution in [3.63, 3.8) is 0 Å². The molecule has 10 heavy (non-hydrogen) atoms. The molecule has 0 spiro atoms. The first kappa shape index (κ1) is 10.1. The molecule has 0 heterocycles. The fourth-order valence-corrected chi connectivity index (χ4v) is 1.25. The molecule has 59 valence electrons. The predicted octanol–water partition coefficient (Wildman–Crippen LogP) is 3.30. The molecule has 0 saturated heterocycles. The Kier molecular flexibility index (Phi) is 7.26. The van der Waals surface area contributed by atoms with Gasteiger partial charge in [0.15, 0.2) is 0 Å². The maximum atomic E-state index is 3.77. The van der Waals surface area contributed by atoms with Gasteiger partial charge < -0.3 is 0 Å². The zero-order valence-corrected chi connectivity index (χ0v) is 7.84. The first-order chi connectivity index (χ1) is 4.77. The molecule has 0 aliphatic carbocycles. The van der Waals surface area contributed by atoms with Gasteiger partial charge in [-0.05, 0) is 45.1 Å². The Morgan fingerprint density at radius 3 is 2.70 bits per heavy atom. The van der Waals surface area contributed by atoms with Crippen LogP contribution in [0.2, 0.25) is 0 Å². The van der Waals surface area contributed by atoms with Crippen LogP contribution in [-0.2, 0) is 0 Å². The molecule has 1 heteroatoms. The average molecular weight is 157 g/mol. The Hall–Kier alpha value is 0.0900. The summed E-state index contributed by atoms with van der Waals surface area (Å²) in [6, 6.07) is 0. The van der Waals surface area contributed by atoms with Crippen LogP contribution in [-0.4, -0.2) is 11.5 Å². The van der Waals surface area contributed by atoms with Crippen LogP contribution in [0.5, 0.6) is 0 Å². The molecular weight excluding hydrogens is 140 g/mol. The van der Waals surface area contributed by atoms with Crippen molar-refractivity contribution in [2.75, 3.05) is 11.5 Å². The van der Waals surface area contributed by atoms with Gasteiger partial charge >= 0.3 is 0 Å². The van der Waals surface area contributed by atoms with Crippen molar-refractivity contribution >= 4 is 11.8 Å². The molecule has 0 unspecified atom stereocenters. The van der Waals surface area contributed by atoms with E-state index in [-0.39, 0.29) is 0 Å². The highest BCUT2D eigenvalue weighted by Gasteiger charge is 1.84. The SMILES string of the molecule is [CH2]CSCCCC=C(C)C. The summed E-state index contributed by atoms with van der Waals surface area (Å²) in [6.45, 7) is 8.06. The molecule has 0 atom stereocenters. The summed E-state index contributed by atoms with van der Waals surface area (Å²) < 4.78 is 0. The topological polar surface area (TPSA) is 0 Å². The van der Waals surface area contributed by atoms with Gasteiger partial charge in [-0.15, -0.1) is 0 Å². The third-order valence-corrected chi connectivity index (χ3v) is 2.06. The summed E-state index contributed by atoms with van der Waals surface area (Å²) in [4.78, 5) is 0. The Bertz CT molecular complexity index is 90.9. The van der Waals surface area contributed by atoms with E-state index in [1.807, 2.05) is 11.8 Å². The minimum Gasteiger partial charge on any atom is -0.162 e. The maximum absolute atomic E-state index is 3.77. The van der Waals surface area contributed by atoms with Crippen molar-refractivity contribution < 1.29 is 0 Å². The Balaban J connectivity index is 2.98. The van der Waals surface area contributed by atoms with E-state index in [0.717, 1.165) is 5.75 Å². The highest BCUT2D eigenvalue weighted by molar-refractivity contribution is 7.99. The number of hydrogen-bond donors (Lipinski definition) is 0. The minimum atomic E-state index is 1.01. The number of unbranched alkanes of at least 4 members (excludes halogenated alkanes) is 1. The van der Waals surface area contributed by atoms with Crippen LogP contribution in [0, 0.1) is 6.92 Å². The molecule has 0 aromatic carbocycles. The maximum Gasteiger partial charge on any atom is -0.00646 e. The molecule has 0 amide bonds. The van der Waals surface area contributed by atoms with Crippen molar-refractivity contribution in [3.05, 3.63) is 18.6 Å². The Morgan fingerprint density at radius 1 is 1.50 bits per heavy atom. The quantitative estimate of drug-likeness (QED) is 0.436. The average Bonchev–Trinajstić information content (AvgIpc) is 1.87. The fraction of sp³-hybridized carbons (Fsp3) is 0.667. The summed E-state index contributed by atoms with van der Waals surface area (Å²) in [5.74, 6) is 2.27. The molecule has 0 nitrogen and oxygen atoms in total. The van der Waals surface area contributed by atoms with Gasteiger partial charge in [-0.25, -0.2) is 0 Å². The first-order valence-electron chi connectivity index (χ1n) is 3.77. The molecule has 0 rings (SSSR count). The van der Waals surface area contributed by atoms with Gasteiger partial charge in [0, 0.05) is 0 Å². The second-order valence-electron chi connectivity index (χ2n) is 2.54. The second-order valence-corrected chi connectivity index (χ2v) is 3.76. The molecular formula is C9H17S. The van der Waals surface area contributed by atoms with E-state index in [1.165, 1.54) is 24.2 Å². The molecule has 0 aliphatic heterocycles. The number of rotatable bonds is 5. The zero-order valence-electron chi connectivity index (χ0n) is 7.02. The Labute approximate surface area is 69.1 Å². The van der Waals surface area contributed by atoms with Crippen molar-refractivity contribution in [2.24, 2.45) is 0 Å². The van der Waals surface area contributed by atoms with Gasteiger partial charge in [0.05, 0.1) is 0 Å². The van der Waals surface area contributed by atoms with Crippen molar-refractivity contribution in [1.82, 2.24) is 0 Å². The highest BCUT2D eigenvalue weighted by atomic mass is 32.2. The van der Waals surface area contributed by atoms with Crippen LogP contribution in [0.25, 0.3) is 0 Å². The van der Waals surface area contributed by atoms with Gasteiger partial charge in [0.1, 0.15) is 0 Å². The van der Waals surface area contributed by atoms with E-state index in [2.05, 4.69) is 26.8 Å². The van der Waals surface area contributed by atoms with Crippen molar-refractivity contribution in [1.29, 1.82) is 0 Å². The smallest absolute Gasteiger partial charge is 0.00646 e. The van der Waals surface area contributed by atoms with E-state index in [1.54, 1.807) is 0 Å². The van der Waals surface area contributed by atoms with Crippen LogP contribution >= 0.6 is 11.8 Å². The van der Waals surface area contributed by atoms with Crippen LogP contribution in [0.1, 0.15) is 26.7 Å². The van der Waals surface area contributed by atoms with E-state index in [9.17, 15) is 0 Å². The molecule has 0 aromatic heterocycles. The lowest BCUT2D eigenvalue weighted by molar-refractivity contribution is 0.961. The summed E-state index contributed by atoms with van der Waals surface area (Å²) in [7, 11) is 0. The zero-order chi connectivity index (χ0) is 7.82. The molecule has 1 radical (unpaired) electrons. The molecule has 0 bridgehead atoms. The summed E-state index contributed by atoms with van der Waals surface area (Å²) in [5.41, 5.74) is 1.43. The molecule has 0 fully saturated rings. The predicted molar refractivity (Wildman–Crippen MR) is 51.3 cm³/mol. The van der Waals surface area contributed by atoms with Gasteiger partial charge in [-0.2, -0.15) is 11.8 Å². The monoisotopic (exact) mass is 157 g/mol. The molecule has 0 aromatic rings. The lowest BCUT2D eigenvalue weighted by Crippen LogP contribution is -1.79. The standard InChI is InChI=1S/C9H17S/c1-4-10-8-6-5-7-9(2)3/h7H,1,4-6,8H2,2-3H3. The lowest BCUT2D eigenvalue weighted by Gasteiger charge is -1.94. The van der Waals surface area contributed by atoms with E-state index < -0.39 is 0 Å². The summed E-state index contributed by atoms with van der Waals surface area (Å²) in [6.07, 6.45) is 4.82. The summed E-state index contributed by atoms with van der Waals surface area (Å²) in [5, 5.41) is 0. The van der Waals surface area contributed by atoms with E-state index in [4.69, 9.17) is 0 Å². The summed E-state index contributed by atoms with van der Waals surface area (Å²) >= 11 is 1.92. The largest absolute Gasteiger partial charge is 0.162 e. The third kappa shape index (κ3) is 8.09. The highest BCUT2D eigenvalue weighted by Crippen LogP contribution is 2.04. The molecule has 0 N–H and O–H groups in total. The van der Waals surface area contributed by atoms with E-state index >= 15 is 0 Å². The van der Waals surface area contributed by atoms with Crippen molar-refractivity contribution in [2.45, 2.75) is 26.7 Å².